The minimum absolute atomic E-state index is 0.236. The number of ether oxygens (including phenoxy) is 2. The zero-order chi connectivity index (χ0) is 16.2. The first-order chi connectivity index (χ1) is 11.2. The molecular weight excluding hydrogens is 292 g/mol. The number of Topliss-reactive ketones (excluding diaryl/α,β-unsaturated/α-hetero) is 1. The molecule has 0 amide bonds. The van der Waals surface area contributed by atoms with Crippen molar-refractivity contribution in [2.75, 3.05) is 40.4 Å². The third kappa shape index (κ3) is 3.51. The number of ketones is 1. The van der Waals surface area contributed by atoms with Crippen LogP contribution in [0.3, 0.4) is 0 Å². The number of nitrogens with one attached hydrogen (secondary N) is 1. The van der Waals surface area contributed by atoms with Gasteiger partial charge in [0, 0.05) is 6.54 Å². The Hall–Kier alpha value is -1.59. The van der Waals surface area contributed by atoms with Gasteiger partial charge in [-0.2, -0.15) is 0 Å². The average Bonchev–Trinajstić information content (AvgIpc) is 2.60. The number of carbonyl (C=O) groups excluding carboxylic acids is 1. The van der Waals surface area contributed by atoms with Crippen molar-refractivity contribution in [2.45, 2.75) is 31.7 Å². The monoisotopic (exact) mass is 318 g/mol. The molecule has 0 aromatic heterocycles. The van der Waals surface area contributed by atoms with Gasteiger partial charge in [0.2, 0.25) is 0 Å². The first kappa shape index (κ1) is 16.3. The Bertz CT molecular complexity index is 568. The van der Waals surface area contributed by atoms with Crippen LogP contribution in [0.1, 0.15) is 36.4 Å². The van der Waals surface area contributed by atoms with Gasteiger partial charge >= 0.3 is 0 Å². The van der Waals surface area contributed by atoms with Gasteiger partial charge in [0.25, 0.3) is 0 Å². The van der Waals surface area contributed by atoms with Crippen LogP contribution in [0, 0.1) is 0 Å². The second-order valence-corrected chi connectivity index (χ2v) is 6.35. The van der Waals surface area contributed by atoms with E-state index in [0.717, 1.165) is 37.4 Å². The number of likely N-dealkylation sites (tertiary alicyclic amines) is 1. The zero-order valence-corrected chi connectivity index (χ0v) is 14.1. The maximum atomic E-state index is 12.8. The minimum atomic E-state index is -0.236. The molecule has 126 valence electrons. The summed E-state index contributed by atoms with van der Waals surface area (Å²) >= 11 is 0. The molecule has 1 aromatic rings. The van der Waals surface area contributed by atoms with Crippen LogP contribution in [0.25, 0.3) is 0 Å². The largest absolute Gasteiger partial charge is 0.493 e. The number of piperidine rings is 1. The number of hydrogen-bond donors (Lipinski definition) is 1. The van der Waals surface area contributed by atoms with Crippen molar-refractivity contribution in [3.8, 4) is 11.5 Å². The van der Waals surface area contributed by atoms with E-state index in [0.29, 0.717) is 12.3 Å². The molecule has 2 aliphatic heterocycles. The van der Waals surface area contributed by atoms with Gasteiger partial charge in [-0.05, 0) is 55.6 Å². The number of benzene rings is 1. The standard InChI is InChI=1S/C18H26N2O3/c1-22-16-10-13-6-7-19-18(14(13)11-17(16)23-2)15(21)12-20-8-4-3-5-9-20/h10-11,18-19H,3-9,12H2,1-2H3. The van der Waals surface area contributed by atoms with E-state index < -0.39 is 0 Å². The van der Waals surface area contributed by atoms with Crippen molar-refractivity contribution in [1.82, 2.24) is 10.2 Å². The quantitative estimate of drug-likeness (QED) is 0.899. The average molecular weight is 318 g/mol. The lowest BCUT2D eigenvalue weighted by molar-refractivity contribution is -0.122. The fourth-order valence-electron chi connectivity index (χ4n) is 3.60. The van der Waals surface area contributed by atoms with Crippen molar-refractivity contribution in [1.29, 1.82) is 0 Å². The smallest absolute Gasteiger partial charge is 0.168 e. The van der Waals surface area contributed by atoms with Crippen molar-refractivity contribution < 1.29 is 14.3 Å². The number of methoxy groups -OCH3 is 2. The van der Waals surface area contributed by atoms with E-state index in [1.807, 2.05) is 12.1 Å². The molecule has 0 aliphatic carbocycles. The topological polar surface area (TPSA) is 50.8 Å². The van der Waals surface area contributed by atoms with Crippen LogP contribution in [0.4, 0.5) is 0 Å². The van der Waals surface area contributed by atoms with Crippen molar-refractivity contribution in [2.24, 2.45) is 0 Å². The Morgan fingerprint density at radius 1 is 1.17 bits per heavy atom. The van der Waals surface area contributed by atoms with Gasteiger partial charge in [-0.3, -0.25) is 9.69 Å². The fraction of sp³-hybridized carbons (Fsp3) is 0.611. The third-order valence-electron chi connectivity index (χ3n) is 4.85. The van der Waals surface area contributed by atoms with Crippen molar-refractivity contribution in [3.05, 3.63) is 23.3 Å². The summed E-state index contributed by atoms with van der Waals surface area (Å²) < 4.78 is 10.8. The molecule has 1 saturated heterocycles. The predicted octanol–water partition coefficient (Wildman–Crippen LogP) is 1.95. The van der Waals surface area contributed by atoms with E-state index in [-0.39, 0.29) is 11.8 Å². The summed E-state index contributed by atoms with van der Waals surface area (Å²) in [5.41, 5.74) is 2.22. The van der Waals surface area contributed by atoms with Gasteiger partial charge in [0.1, 0.15) is 0 Å². The molecule has 1 aromatic carbocycles. The molecule has 2 aliphatic rings. The number of rotatable bonds is 5. The van der Waals surface area contributed by atoms with Gasteiger partial charge in [-0.25, -0.2) is 0 Å². The summed E-state index contributed by atoms with van der Waals surface area (Å²) in [4.78, 5) is 15.1. The van der Waals surface area contributed by atoms with Crippen molar-refractivity contribution >= 4 is 5.78 Å². The normalized spacial score (nSPS) is 21.6. The summed E-state index contributed by atoms with van der Waals surface area (Å²) in [6, 6.07) is 3.73. The van der Waals surface area contributed by atoms with E-state index in [1.54, 1.807) is 14.2 Å². The van der Waals surface area contributed by atoms with Gasteiger partial charge in [0.15, 0.2) is 17.3 Å². The molecule has 5 nitrogen and oxygen atoms in total. The molecule has 2 heterocycles. The fourth-order valence-corrected chi connectivity index (χ4v) is 3.60. The lowest BCUT2D eigenvalue weighted by Gasteiger charge is -2.31. The molecule has 1 unspecified atom stereocenters. The molecule has 0 spiro atoms. The van der Waals surface area contributed by atoms with Crippen LogP contribution in [-0.2, 0) is 11.2 Å². The van der Waals surface area contributed by atoms with E-state index in [9.17, 15) is 4.79 Å². The molecule has 1 N–H and O–H groups in total. The first-order valence-corrected chi connectivity index (χ1v) is 8.46. The SMILES string of the molecule is COc1cc2c(cc1OC)C(C(=O)CN1CCCCC1)NCC2. The van der Waals surface area contributed by atoms with E-state index in [4.69, 9.17) is 9.47 Å². The molecule has 0 radical (unpaired) electrons. The number of nitrogens with zero attached hydrogens (tertiary/aromatic N) is 1. The Kier molecular flexibility index (Phi) is 5.18. The lowest BCUT2D eigenvalue weighted by atomic mass is 9.91. The predicted molar refractivity (Wildman–Crippen MR) is 89.3 cm³/mol. The van der Waals surface area contributed by atoms with Crippen LogP contribution in [0.2, 0.25) is 0 Å². The van der Waals surface area contributed by atoms with E-state index >= 15 is 0 Å². The molecule has 0 saturated carbocycles. The van der Waals surface area contributed by atoms with Crippen LogP contribution in [0.15, 0.2) is 12.1 Å². The Morgan fingerprint density at radius 3 is 2.57 bits per heavy atom. The molecular formula is C18H26N2O3. The zero-order valence-electron chi connectivity index (χ0n) is 14.1. The molecule has 3 rings (SSSR count). The molecule has 5 heteroatoms. The van der Waals surface area contributed by atoms with Crippen LogP contribution in [-0.4, -0.2) is 51.1 Å². The van der Waals surface area contributed by atoms with E-state index in [1.165, 1.54) is 24.8 Å². The summed E-state index contributed by atoms with van der Waals surface area (Å²) in [7, 11) is 3.27. The number of fused-ring (bicyclic) bond motifs is 1. The van der Waals surface area contributed by atoms with Crippen LogP contribution in [0.5, 0.6) is 11.5 Å². The number of hydrogen-bond acceptors (Lipinski definition) is 5. The summed E-state index contributed by atoms with van der Waals surface area (Å²) in [5, 5.41) is 3.38. The maximum absolute atomic E-state index is 12.8. The maximum Gasteiger partial charge on any atom is 0.168 e. The van der Waals surface area contributed by atoms with Crippen molar-refractivity contribution in [3.63, 3.8) is 0 Å². The molecule has 1 atom stereocenters. The van der Waals surface area contributed by atoms with Gasteiger partial charge < -0.3 is 14.8 Å². The highest BCUT2D eigenvalue weighted by Crippen LogP contribution is 2.35. The van der Waals surface area contributed by atoms with E-state index in [2.05, 4.69) is 10.2 Å². The lowest BCUT2D eigenvalue weighted by Crippen LogP contribution is -2.42. The molecule has 23 heavy (non-hydrogen) atoms. The summed E-state index contributed by atoms with van der Waals surface area (Å²) in [6.45, 7) is 3.43. The highest BCUT2D eigenvalue weighted by molar-refractivity contribution is 5.88. The molecule has 0 bridgehead atoms. The first-order valence-electron chi connectivity index (χ1n) is 8.46. The Morgan fingerprint density at radius 2 is 1.87 bits per heavy atom. The molecule has 1 fully saturated rings. The van der Waals surface area contributed by atoms with Crippen LogP contribution < -0.4 is 14.8 Å². The summed E-state index contributed by atoms with van der Waals surface area (Å²) in [6.07, 6.45) is 4.59. The second-order valence-electron chi connectivity index (χ2n) is 6.35. The van der Waals surface area contributed by atoms with Crippen LogP contribution >= 0.6 is 0 Å². The van der Waals surface area contributed by atoms with Gasteiger partial charge in [-0.15, -0.1) is 0 Å². The Labute approximate surface area is 137 Å². The second kappa shape index (κ2) is 7.32. The Balaban J connectivity index is 1.81. The minimum Gasteiger partial charge on any atom is -0.493 e. The number of carbonyl (C=O) groups is 1. The highest BCUT2D eigenvalue weighted by atomic mass is 16.5. The summed E-state index contributed by atoms with van der Waals surface area (Å²) in [5.74, 6) is 1.67. The van der Waals surface area contributed by atoms with Gasteiger partial charge in [0.05, 0.1) is 26.8 Å². The third-order valence-corrected chi connectivity index (χ3v) is 4.85. The van der Waals surface area contributed by atoms with Gasteiger partial charge in [-0.1, -0.05) is 6.42 Å². The highest BCUT2D eigenvalue weighted by Gasteiger charge is 2.29.